The highest BCUT2D eigenvalue weighted by Crippen LogP contribution is 2.25. The molecule has 0 saturated carbocycles. The minimum absolute atomic E-state index is 0.0554. The zero-order valence-corrected chi connectivity index (χ0v) is 17.2. The molecule has 26 heavy (non-hydrogen) atoms. The average molecular weight is 441 g/mol. The predicted octanol–water partition coefficient (Wildman–Crippen LogP) is 2.68. The van der Waals surface area contributed by atoms with Gasteiger partial charge >= 0.3 is 0 Å². The third-order valence-corrected chi connectivity index (χ3v) is 6.63. The first-order valence-corrected chi connectivity index (χ1v) is 10.1. The van der Waals surface area contributed by atoms with Crippen molar-refractivity contribution in [1.82, 2.24) is 9.62 Å². The van der Waals surface area contributed by atoms with Crippen LogP contribution in [0.3, 0.4) is 0 Å². The number of sulfonamides is 1. The van der Waals surface area contributed by atoms with Gasteiger partial charge in [0.15, 0.2) is 0 Å². The van der Waals surface area contributed by atoms with E-state index in [2.05, 4.69) is 21.2 Å². The van der Waals surface area contributed by atoms with E-state index in [1.54, 1.807) is 19.2 Å². The number of hydrogen-bond donors (Lipinski definition) is 1. The lowest BCUT2D eigenvalue weighted by Crippen LogP contribution is -2.27. The van der Waals surface area contributed by atoms with Crippen LogP contribution in [-0.2, 0) is 16.4 Å². The molecule has 1 N–H and O–H groups in total. The Hall–Kier alpha value is -1.90. The Bertz CT molecular complexity index is 898. The Labute approximate surface area is 162 Å². The molecule has 0 fully saturated rings. The van der Waals surface area contributed by atoms with E-state index in [-0.39, 0.29) is 16.4 Å². The van der Waals surface area contributed by atoms with Crippen LogP contribution in [0.4, 0.5) is 0 Å². The second kappa shape index (κ2) is 8.66. The molecular formula is C18H21BrN2O4S. The van der Waals surface area contributed by atoms with Crippen molar-refractivity contribution in [2.45, 2.75) is 11.3 Å². The van der Waals surface area contributed by atoms with Crippen LogP contribution >= 0.6 is 15.9 Å². The molecule has 2 aromatic rings. The van der Waals surface area contributed by atoms with Crippen LogP contribution in [0.15, 0.2) is 51.8 Å². The molecule has 0 heterocycles. The van der Waals surface area contributed by atoms with Crippen molar-refractivity contribution < 1.29 is 17.9 Å². The fraction of sp³-hybridized carbons (Fsp3) is 0.278. The topological polar surface area (TPSA) is 75.7 Å². The summed E-state index contributed by atoms with van der Waals surface area (Å²) < 4.78 is 31.5. The highest BCUT2D eigenvalue weighted by Gasteiger charge is 2.22. The molecule has 0 aromatic heterocycles. The summed E-state index contributed by atoms with van der Waals surface area (Å²) in [6.07, 6.45) is 0.606. The van der Waals surface area contributed by atoms with E-state index in [1.165, 1.54) is 20.2 Å². The molecule has 2 rings (SSSR count). The van der Waals surface area contributed by atoms with Crippen LogP contribution in [0.2, 0.25) is 0 Å². The van der Waals surface area contributed by atoms with Crippen LogP contribution in [0, 0.1) is 0 Å². The number of halogens is 1. The first-order valence-electron chi connectivity index (χ1n) is 7.89. The Morgan fingerprint density at radius 3 is 2.54 bits per heavy atom. The Morgan fingerprint density at radius 1 is 1.19 bits per heavy atom. The minimum Gasteiger partial charge on any atom is -0.496 e. The van der Waals surface area contributed by atoms with Crippen LogP contribution in [-0.4, -0.2) is 46.4 Å². The Kier molecular flexibility index (Phi) is 6.80. The number of para-hydroxylation sites is 1. The molecule has 0 aliphatic carbocycles. The lowest BCUT2D eigenvalue weighted by molar-refractivity contribution is 0.0954. The van der Waals surface area contributed by atoms with Gasteiger partial charge in [0.05, 0.1) is 12.0 Å². The van der Waals surface area contributed by atoms with Gasteiger partial charge in [-0.05, 0) is 52.2 Å². The lowest BCUT2D eigenvalue weighted by Gasteiger charge is -2.14. The van der Waals surface area contributed by atoms with E-state index in [0.29, 0.717) is 17.4 Å². The number of rotatable bonds is 7. The maximum Gasteiger partial charge on any atom is 0.251 e. The number of amides is 1. The number of hydrogen-bond acceptors (Lipinski definition) is 4. The second-order valence-corrected chi connectivity index (χ2v) is 8.72. The fourth-order valence-electron chi connectivity index (χ4n) is 2.36. The molecule has 140 valence electrons. The first kappa shape index (κ1) is 20.4. The van der Waals surface area contributed by atoms with Gasteiger partial charge in [-0.2, -0.15) is 0 Å². The van der Waals surface area contributed by atoms with Crippen molar-refractivity contribution >= 4 is 31.9 Å². The molecule has 0 atom stereocenters. The zero-order chi connectivity index (χ0) is 19.3. The molecule has 6 nitrogen and oxygen atoms in total. The molecule has 1 amide bonds. The van der Waals surface area contributed by atoms with Gasteiger partial charge in [-0.25, -0.2) is 12.7 Å². The van der Waals surface area contributed by atoms with Crippen molar-refractivity contribution in [3.05, 3.63) is 58.1 Å². The van der Waals surface area contributed by atoms with Gasteiger partial charge in [0.1, 0.15) is 5.75 Å². The lowest BCUT2D eigenvalue weighted by atomic mass is 10.1. The summed E-state index contributed by atoms with van der Waals surface area (Å²) in [6, 6.07) is 12.1. The van der Waals surface area contributed by atoms with Crippen molar-refractivity contribution in [2.75, 3.05) is 27.7 Å². The maximum atomic E-state index is 12.4. The van der Waals surface area contributed by atoms with Gasteiger partial charge in [0, 0.05) is 30.7 Å². The first-order chi connectivity index (χ1) is 12.3. The Morgan fingerprint density at radius 2 is 1.88 bits per heavy atom. The summed E-state index contributed by atoms with van der Waals surface area (Å²) in [5.41, 5.74) is 1.27. The Balaban J connectivity index is 2.11. The number of nitrogens with one attached hydrogen (secondary N) is 1. The van der Waals surface area contributed by atoms with E-state index in [0.717, 1.165) is 15.6 Å². The maximum absolute atomic E-state index is 12.4. The second-order valence-electron chi connectivity index (χ2n) is 5.75. The molecule has 0 spiro atoms. The summed E-state index contributed by atoms with van der Waals surface area (Å²) in [6.45, 7) is 0.408. The number of benzene rings is 2. The molecule has 0 aliphatic rings. The standard InChI is InChI=1S/C18H21BrN2O4S/c1-21(2)26(23,24)17-12-14(8-9-15(17)19)18(22)20-11-10-13-6-4-5-7-16(13)25-3/h4-9,12H,10-11H2,1-3H3,(H,20,22). The van der Waals surface area contributed by atoms with Crippen LogP contribution in [0.25, 0.3) is 0 Å². The molecule has 0 unspecified atom stereocenters. The van der Waals surface area contributed by atoms with E-state index in [1.807, 2.05) is 24.3 Å². The van der Waals surface area contributed by atoms with Crippen molar-refractivity contribution in [1.29, 1.82) is 0 Å². The van der Waals surface area contributed by atoms with E-state index in [4.69, 9.17) is 4.74 Å². The van der Waals surface area contributed by atoms with Crippen LogP contribution in [0.5, 0.6) is 5.75 Å². The van der Waals surface area contributed by atoms with Gasteiger partial charge in [0.2, 0.25) is 10.0 Å². The van der Waals surface area contributed by atoms with Gasteiger partial charge in [-0.1, -0.05) is 18.2 Å². The minimum atomic E-state index is -3.65. The van der Waals surface area contributed by atoms with E-state index < -0.39 is 10.0 Å². The summed E-state index contributed by atoms with van der Waals surface area (Å²) in [5.74, 6) is 0.437. The zero-order valence-electron chi connectivity index (χ0n) is 14.8. The number of nitrogens with zero attached hydrogens (tertiary/aromatic N) is 1. The predicted molar refractivity (Wildman–Crippen MR) is 104 cm³/mol. The molecule has 0 bridgehead atoms. The van der Waals surface area contributed by atoms with E-state index >= 15 is 0 Å². The number of carbonyl (C=O) groups excluding carboxylic acids is 1. The monoisotopic (exact) mass is 440 g/mol. The summed E-state index contributed by atoms with van der Waals surface area (Å²) in [4.78, 5) is 12.4. The highest BCUT2D eigenvalue weighted by atomic mass is 79.9. The van der Waals surface area contributed by atoms with Crippen molar-refractivity contribution in [3.8, 4) is 5.75 Å². The number of ether oxygens (including phenoxy) is 1. The van der Waals surface area contributed by atoms with Gasteiger partial charge in [0.25, 0.3) is 5.91 Å². The van der Waals surface area contributed by atoms with Crippen LogP contribution < -0.4 is 10.1 Å². The fourth-order valence-corrected chi connectivity index (χ4v) is 4.21. The third-order valence-electron chi connectivity index (χ3n) is 3.82. The molecule has 2 aromatic carbocycles. The van der Waals surface area contributed by atoms with Gasteiger partial charge in [-0.15, -0.1) is 0 Å². The van der Waals surface area contributed by atoms with Crippen molar-refractivity contribution in [2.24, 2.45) is 0 Å². The largest absolute Gasteiger partial charge is 0.496 e. The molecular weight excluding hydrogens is 420 g/mol. The quantitative estimate of drug-likeness (QED) is 0.717. The van der Waals surface area contributed by atoms with Crippen LogP contribution in [0.1, 0.15) is 15.9 Å². The smallest absolute Gasteiger partial charge is 0.251 e. The molecule has 8 heteroatoms. The highest BCUT2D eigenvalue weighted by molar-refractivity contribution is 9.10. The summed E-state index contributed by atoms with van der Waals surface area (Å²) in [5, 5.41) is 2.81. The van der Waals surface area contributed by atoms with Gasteiger partial charge < -0.3 is 10.1 Å². The van der Waals surface area contributed by atoms with Gasteiger partial charge in [-0.3, -0.25) is 4.79 Å². The SMILES string of the molecule is COc1ccccc1CCNC(=O)c1ccc(Br)c(S(=O)(=O)N(C)C)c1. The third kappa shape index (κ3) is 4.63. The number of methoxy groups -OCH3 is 1. The summed E-state index contributed by atoms with van der Waals surface area (Å²) >= 11 is 3.23. The van der Waals surface area contributed by atoms with Crippen molar-refractivity contribution in [3.63, 3.8) is 0 Å². The summed E-state index contributed by atoms with van der Waals surface area (Å²) in [7, 11) is 0.849. The average Bonchev–Trinajstić information content (AvgIpc) is 2.62. The number of carbonyl (C=O) groups is 1. The molecule has 0 aliphatic heterocycles. The normalized spacial score (nSPS) is 11.4. The molecule has 0 saturated heterocycles. The molecule has 0 radical (unpaired) electrons. The van der Waals surface area contributed by atoms with E-state index in [9.17, 15) is 13.2 Å².